The Bertz CT molecular complexity index is 1000. The van der Waals surface area contributed by atoms with E-state index in [1.54, 1.807) is 12.3 Å². The molecular weight excluding hydrogens is 386 g/mol. The quantitative estimate of drug-likeness (QED) is 0.424. The lowest BCUT2D eigenvalue weighted by molar-refractivity contribution is 0.0597. The first kappa shape index (κ1) is 20.8. The molecule has 0 saturated heterocycles. The molecule has 0 radical (unpaired) electrons. The van der Waals surface area contributed by atoms with Crippen LogP contribution in [0, 0.1) is 13.8 Å². The minimum absolute atomic E-state index is 0.0909. The van der Waals surface area contributed by atoms with Crippen molar-refractivity contribution in [2.24, 2.45) is 0 Å². The van der Waals surface area contributed by atoms with Crippen LogP contribution in [0.5, 0.6) is 5.75 Å². The zero-order chi connectivity index (χ0) is 21.0. The average molecular weight is 410 g/mol. The maximum atomic E-state index is 12.6. The van der Waals surface area contributed by atoms with Crippen LogP contribution in [0.1, 0.15) is 35.6 Å². The van der Waals surface area contributed by atoms with Crippen molar-refractivity contribution >= 4 is 17.7 Å². The van der Waals surface area contributed by atoms with Crippen LogP contribution in [0.15, 0.2) is 52.8 Å². The number of aryl methyl sites for hydroxylation is 2. The summed E-state index contributed by atoms with van der Waals surface area (Å²) in [7, 11) is 1.36. The summed E-state index contributed by atoms with van der Waals surface area (Å²) >= 11 is 1.25. The van der Waals surface area contributed by atoms with Crippen LogP contribution in [0.25, 0.3) is 11.1 Å². The van der Waals surface area contributed by atoms with Gasteiger partial charge in [0.1, 0.15) is 16.3 Å². The molecule has 0 bridgehead atoms. The standard InChI is InChI=1S/C22H23N3O3S/c1-13(2)28-17-8-6-16(7-9-17)18-10-11-23-20(19(18)21(26)27-5)29-22-24-14(3)12-15(4)25-22/h6-13H,1-5H3. The fraction of sp³-hybridized carbons (Fsp3) is 0.273. The predicted molar refractivity (Wildman–Crippen MR) is 112 cm³/mol. The van der Waals surface area contributed by atoms with Gasteiger partial charge in [0, 0.05) is 23.1 Å². The first-order valence-electron chi connectivity index (χ1n) is 9.22. The zero-order valence-electron chi connectivity index (χ0n) is 17.1. The summed E-state index contributed by atoms with van der Waals surface area (Å²) in [6.45, 7) is 7.77. The van der Waals surface area contributed by atoms with E-state index in [0.717, 1.165) is 28.3 Å². The molecule has 0 saturated carbocycles. The zero-order valence-corrected chi connectivity index (χ0v) is 17.9. The van der Waals surface area contributed by atoms with Crippen molar-refractivity contribution < 1.29 is 14.3 Å². The maximum Gasteiger partial charge on any atom is 0.341 e. The van der Waals surface area contributed by atoms with Gasteiger partial charge < -0.3 is 9.47 Å². The van der Waals surface area contributed by atoms with Gasteiger partial charge in [0.2, 0.25) is 0 Å². The molecule has 0 amide bonds. The summed E-state index contributed by atoms with van der Waals surface area (Å²) in [4.78, 5) is 25.9. The van der Waals surface area contributed by atoms with Gasteiger partial charge in [-0.05, 0) is 69.3 Å². The lowest BCUT2D eigenvalue weighted by Gasteiger charge is -2.13. The fourth-order valence-corrected chi connectivity index (χ4v) is 3.83. The van der Waals surface area contributed by atoms with E-state index in [4.69, 9.17) is 9.47 Å². The Morgan fingerprint density at radius 3 is 2.28 bits per heavy atom. The number of carbonyl (C=O) groups is 1. The highest BCUT2D eigenvalue weighted by atomic mass is 32.2. The van der Waals surface area contributed by atoms with Crippen LogP contribution in [0.4, 0.5) is 0 Å². The predicted octanol–water partition coefficient (Wildman–Crippen LogP) is 4.88. The van der Waals surface area contributed by atoms with Gasteiger partial charge in [0.15, 0.2) is 5.16 Å². The van der Waals surface area contributed by atoms with E-state index in [9.17, 15) is 4.79 Å². The van der Waals surface area contributed by atoms with Gasteiger partial charge >= 0.3 is 5.97 Å². The molecule has 0 unspecified atom stereocenters. The molecule has 6 nitrogen and oxygen atoms in total. The highest BCUT2D eigenvalue weighted by Crippen LogP contribution is 2.34. The number of hydrogen-bond acceptors (Lipinski definition) is 7. The molecule has 0 N–H and O–H groups in total. The van der Waals surface area contributed by atoms with Gasteiger partial charge in [0.25, 0.3) is 0 Å². The van der Waals surface area contributed by atoms with Crippen LogP contribution in [-0.2, 0) is 4.74 Å². The highest BCUT2D eigenvalue weighted by Gasteiger charge is 2.21. The third-order valence-electron chi connectivity index (χ3n) is 3.99. The second kappa shape index (κ2) is 9.05. The molecule has 0 spiro atoms. The van der Waals surface area contributed by atoms with E-state index in [-0.39, 0.29) is 6.10 Å². The van der Waals surface area contributed by atoms with E-state index in [1.807, 2.05) is 58.0 Å². The average Bonchev–Trinajstić information content (AvgIpc) is 2.66. The van der Waals surface area contributed by atoms with E-state index < -0.39 is 5.97 Å². The monoisotopic (exact) mass is 409 g/mol. The minimum Gasteiger partial charge on any atom is -0.491 e. The molecule has 2 aromatic heterocycles. The van der Waals surface area contributed by atoms with Crippen molar-refractivity contribution in [3.63, 3.8) is 0 Å². The van der Waals surface area contributed by atoms with Crippen molar-refractivity contribution in [2.75, 3.05) is 7.11 Å². The Morgan fingerprint density at radius 1 is 1.03 bits per heavy atom. The van der Waals surface area contributed by atoms with Crippen LogP contribution in [0.3, 0.4) is 0 Å². The fourth-order valence-electron chi connectivity index (χ4n) is 2.87. The van der Waals surface area contributed by atoms with Crippen LogP contribution in [0.2, 0.25) is 0 Å². The van der Waals surface area contributed by atoms with Gasteiger partial charge in [-0.3, -0.25) is 0 Å². The van der Waals surface area contributed by atoms with Crippen LogP contribution in [-0.4, -0.2) is 34.1 Å². The molecule has 1 aromatic carbocycles. The van der Waals surface area contributed by atoms with E-state index in [1.165, 1.54) is 18.9 Å². The molecule has 150 valence electrons. The number of benzene rings is 1. The molecule has 0 aliphatic rings. The number of esters is 1. The number of carbonyl (C=O) groups excluding carboxylic acids is 1. The number of aromatic nitrogens is 3. The number of ether oxygens (including phenoxy) is 2. The Morgan fingerprint density at radius 2 is 1.69 bits per heavy atom. The van der Waals surface area contributed by atoms with Gasteiger partial charge in [-0.2, -0.15) is 0 Å². The highest BCUT2D eigenvalue weighted by molar-refractivity contribution is 7.99. The van der Waals surface area contributed by atoms with E-state index in [0.29, 0.717) is 15.7 Å². The molecule has 0 atom stereocenters. The molecule has 0 aliphatic heterocycles. The topological polar surface area (TPSA) is 74.2 Å². The van der Waals surface area contributed by atoms with Gasteiger partial charge in [-0.25, -0.2) is 19.7 Å². The number of rotatable bonds is 6. The van der Waals surface area contributed by atoms with Crippen molar-refractivity contribution in [1.29, 1.82) is 0 Å². The summed E-state index contributed by atoms with van der Waals surface area (Å²) in [6, 6.07) is 11.3. The lowest BCUT2D eigenvalue weighted by atomic mass is 10.0. The normalized spacial score (nSPS) is 10.8. The SMILES string of the molecule is COC(=O)c1c(-c2ccc(OC(C)C)cc2)ccnc1Sc1nc(C)cc(C)n1. The van der Waals surface area contributed by atoms with Gasteiger partial charge in [-0.1, -0.05) is 12.1 Å². The molecule has 2 heterocycles. The number of methoxy groups -OCH3 is 1. The minimum atomic E-state index is -0.456. The summed E-state index contributed by atoms with van der Waals surface area (Å²) in [5.41, 5.74) is 3.70. The lowest BCUT2D eigenvalue weighted by Crippen LogP contribution is -2.08. The summed E-state index contributed by atoms with van der Waals surface area (Å²) < 4.78 is 10.7. The third kappa shape index (κ3) is 5.12. The first-order valence-corrected chi connectivity index (χ1v) is 10.0. The Labute approximate surface area is 174 Å². The van der Waals surface area contributed by atoms with Crippen molar-refractivity contribution in [1.82, 2.24) is 15.0 Å². The van der Waals surface area contributed by atoms with E-state index in [2.05, 4.69) is 15.0 Å². The summed E-state index contributed by atoms with van der Waals surface area (Å²) in [5, 5.41) is 1.04. The summed E-state index contributed by atoms with van der Waals surface area (Å²) in [5.74, 6) is 0.318. The van der Waals surface area contributed by atoms with Crippen molar-refractivity contribution in [3.8, 4) is 16.9 Å². The van der Waals surface area contributed by atoms with Crippen molar-refractivity contribution in [3.05, 3.63) is 59.5 Å². The number of nitrogens with zero attached hydrogens (tertiary/aromatic N) is 3. The number of pyridine rings is 1. The molecule has 0 aliphatic carbocycles. The third-order valence-corrected chi connectivity index (χ3v) is 4.86. The molecule has 7 heteroatoms. The van der Waals surface area contributed by atoms with Crippen molar-refractivity contribution in [2.45, 2.75) is 44.0 Å². The smallest absolute Gasteiger partial charge is 0.341 e. The molecule has 29 heavy (non-hydrogen) atoms. The van der Waals surface area contributed by atoms with Gasteiger partial charge in [0.05, 0.1) is 13.2 Å². The Kier molecular flexibility index (Phi) is 6.49. The second-order valence-electron chi connectivity index (χ2n) is 6.76. The van der Waals surface area contributed by atoms with Gasteiger partial charge in [-0.15, -0.1) is 0 Å². The first-order chi connectivity index (χ1) is 13.9. The molecular formula is C22H23N3O3S. The largest absolute Gasteiger partial charge is 0.491 e. The Balaban J connectivity index is 2.04. The second-order valence-corrected chi connectivity index (χ2v) is 7.71. The summed E-state index contributed by atoms with van der Waals surface area (Å²) in [6.07, 6.45) is 1.76. The van der Waals surface area contributed by atoms with Crippen LogP contribution >= 0.6 is 11.8 Å². The van der Waals surface area contributed by atoms with Crippen LogP contribution < -0.4 is 4.74 Å². The molecule has 0 fully saturated rings. The van der Waals surface area contributed by atoms with E-state index >= 15 is 0 Å². The maximum absolute atomic E-state index is 12.6. The molecule has 3 rings (SSSR count). The molecule has 3 aromatic rings. The number of hydrogen-bond donors (Lipinski definition) is 0. The Hall–Kier alpha value is -2.93.